The third-order valence-electron chi connectivity index (χ3n) is 4.11. The Morgan fingerprint density at radius 3 is 2.68 bits per heavy atom. The number of thioether (sulfide) groups is 1. The summed E-state index contributed by atoms with van der Waals surface area (Å²) in [5.41, 5.74) is 2.67. The molecule has 0 heterocycles. The molecule has 2 atom stereocenters. The number of rotatable bonds is 4. The molecule has 1 aliphatic rings. The quantitative estimate of drug-likeness (QED) is 0.850. The SMILES string of the molecule is C[C@H](Sc1ccccc1)C(=O)N[C@H]1CCCc2ccccc21. The van der Waals surface area contributed by atoms with Crippen molar-refractivity contribution >= 4 is 17.7 Å². The van der Waals surface area contributed by atoms with Gasteiger partial charge in [0.25, 0.3) is 0 Å². The van der Waals surface area contributed by atoms with Crippen molar-refractivity contribution in [2.75, 3.05) is 0 Å². The topological polar surface area (TPSA) is 29.1 Å². The Morgan fingerprint density at radius 2 is 1.86 bits per heavy atom. The lowest BCUT2D eigenvalue weighted by molar-refractivity contribution is -0.121. The zero-order valence-electron chi connectivity index (χ0n) is 12.8. The third kappa shape index (κ3) is 3.53. The highest BCUT2D eigenvalue weighted by molar-refractivity contribution is 8.00. The molecule has 114 valence electrons. The van der Waals surface area contributed by atoms with Crippen LogP contribution in [0.1, 0.15) is 36.9 Å². The average Bonchev–Trinajstić information content (AvgIpc) is 2.56. The van der Waals surface area contributed by atoms with Gasteiger partial charge in [0.05, 0.1) is 11.3 Å². The highest BCUT2D eigenvalue weighted by Crippen LogP contribution is 2.30. The van der Waals surface area contributed by atoms with E-state index in [0.717, 1.165) is 24.2 Å². The Kier molecular flexibility index (Phi) is 4.84. The molecule has 0 saturated carbocycles. The van der Waals surface area contributed by atoms with E-state index in [-0.39, 0.29) is 17.2 Å². The second kappa shape index (κ2) is 7.01. The molecule has 2 nitrogen and oxygen atoms in total. The Morgan fingerprint density at radius 1 is 1.14 bits per heavy atom. The van der Waals surface area contributed by atoms with Crippen LogP contribution in [0, 0.1) is 0 Å². The Labute approximate surface area is 136 Å². The average molecular weight is 311 g/mol. The molecule has 1 aliphatic carbocycles. The number of carbonyl (C=O) groups excluding carboxylic acids is 1. The van der Waals surface area contributed by atoms with Crippen LogP contribution < -0.4 is 5.32 Å². The van der Waals surface area contributed by atoms with E-state index < -0.39 is 0 Å². The lowest BCUT2D eigenvalue weighted by atomic mass is 9.88. The molecule has 0 unspecified atom stereocenters. The molecule has 0 spiro atoms. The molecule has 2 aromatic rings. The molecule has 0 saturated heterocycles. The first-order valence-corrected chi connectivity index (χ1v) is 8.72. The molecule has 3 rings (SSSR count). The number of benzene rings is 2. The Balaban J connectivity index is 1.65. The minimum Gasteiger partial charge on any atom is -0.348 e. The zero-order chi connectivity index (χ0) is 15.4. The van der Waals surface area contributed by atoms with Crippen LogP contribution in [-0.2, 0) is 11.2 Å². The minimum atomic E-state index is -0.0866. The van der Waals surface area contributed by atoms with E-state index in [9.17, 15) is 4.79 Å². The third-order valence-corrected chi connectivity index (χ3v) is 5.22. The maximum absolute atomic E-state index is 12.5. The van der Waals surface area contributed by atoms with E-state index in [4.69, 9.17) is 0 Å². The summed E-state index contributed by atoms with van der Waals surface area (Å²) >= 11 is 1.61. The first kappa shape index (κ1) is 15.2. The number of amides is 1. The predicted molar refractivity (Wildman–Crippen MR) is 92.0 cm³/mol. The predicted octanol–water partition coefficient (Wildman–Crippen LogP) is 4.36. The van der Waals surface area contributed by atoms with Crippen molar-refractivity contribution in [3.8, 4) is 0 Å². The van der Waals surface area contributed by atoms with Crippen molar-refractivity contribution in [1.82, 2.24) is 5.32 Å². The molecule has 0 bridgehead atoms. The Hall–Kier alpha value is -1.74. The molecule has 22 heavy (non-hydrogen) atoms. The lowest BCUT2D eigenvalue weighted by Crippen LogP contribution is -2.35. The first-order chi connectivity index (χ1) is 10.7. The Bertz CT molecular complexity index is 641. The van der Waals surface area contributed by atoms with Crippen molar-refractivity contribution in [3.63, 3.8) is 0 Å². The van der Waals surface area contributed by atoms with E-state index in [1.54, 1.807) is 11.8 Å². The summed E-state index contributed by atoms with van der Waals surface area (Å²) in [4.78, 5) is 13.6. The van der Waals surface area contributed by atoms with Gasteiger partial charge in [0.1, 0.15) is 0 Å². The van der Waals surface area contributed by atoms with E-state index in [1.165, 1.54) is 11.1 Å². The summed E-state index contributed by atoms with van der Waals surface area (Å²) in [6, 6.07) is 18.7. The first-order valence-electron chi connectivity index (χ1n) is 7.84. The number of hydrogen-bond acceptors (Lipinski definition) is 2. The van der Waals surface area contributed by atoms with Gasteiger partial charge in [0.15, 0.2) is 0 Å². The fraction of sp³-hybridized carbons (Fsp3) is 0.316. The molecule has 0 fully saturated rings. The molecule has 2 aromatic carbocycles. The summed E-state index contributed by atoms with van der Waals surface area (Å²) < 4.78 is 0. The van der Waals surface area contributed by atoms with E-state index in [1.807, 2.05) is 37.3 Å². The second-order valence-electron chi connectivity index (χ2n) is 5.73. The summed E-state index contributed by atoms with van der Waals surface area (Å²) in [7, 11) is 0. The van der Waals surface area contributed by atoms with Crippen molar-refractivity contribution < 1.29 is 4.79 Å². The van der Waals surface area contributed by atoms with Crippen LogP contribution in [0.15, 0.2) is 59.5 Å². The number of hydrogen-bond donors (Lipinski definition) is 1. The fourth-order valence-corrected chi connectivity index (χ4v) is 3.85. The van der Waals surface area contributed by atoms with Gasteiger partial charge in [-0.3, -0.25) is 4.79 Å². The molecule has 1 amide bonds. The molecule has 0 aromatic heterocycles. The maximum Gasteiger partial charge on any atom is 0.233 e. The number of fused-ring (bicyclic) bond motifs is 1. The van der Waals surface area contributed by atoms with Crippen LogP contribution in [0.4, 0.5) is 0 Å². The monoisotopic (exact) mass is 311 g/mol. The standard InChI is InChI=1S/C19H21NOS/c1-14(22-16-10-3-2-4-11-16)19(21)20-18-13-7-9-15-8-5-6-12-17(15)18/h2-6,8,10-12,14,18H,7,9,13H2,1H3,(H,20,21)/t14-,18-/m0/s1. The van der Waals surface area contributed by atoms with Crippen molar-refractivity contribution in [3.05, 3.63) is 65.7 Å². The number of carbonyl (C=O) groups is 1. The molecule has 3 heteroatoms. The summed E-state index contributed by atoms with van der Waals surface area (Å²) in [5, 5.41) is 3.15. The highest BCUT2D eigenvalue weighted by Gasteiger charge is 2.23. The normalized spacial score (nSPS) is 18.3. The van der Waals surface area contributed by atoms with Gasteiger partial charge < -0.3 is 5.32 Å². The second-order valence-corrected chi connectivity index (χ2v) is 7.14. The molecule has 0 radical (unpaired) electrons. The van der Waals surface area contributed by atoms with Gasteiger partial charge in [-0.25, -0.2) is 0 Å². The summed E-state index contributed by atoms with van der Waals surface area (Å²) in [6.45, 7) is 1.97. The molecule has 1 N–H and O–H groups in total. The van der Waals surface area contributed by atoms with Gasteiger partial charge in [0, 0.05) is 4.90 Å². The smallest absolute Gasteiger partial charge is 0.233 e. The maximum atomic E-state index is 12.5. The van der Waals surface area contributed by atoms with Gasteiger partial charge in [-0.15, -0.1) is 11.8 Å². The van der Waals surface area contributed by atoms with Crippen molar-refractivity contribution in [1.29, 1.82) is 0 Å². The van der Waals surface area contributed by atoms with Gasteiger partial charge in [-0.05, 0) is 49.4 Å². The van der Waals surface area contributed by atoms with Gasteiger partial charge in [-0.2, -0.15) is 0 Å². The largest absolute Gasteiger partial charge is 0.348 e. The van der Waals surface area contributed by atoms with Crippen LogP contribution in [-0.4, -0.2) is 11.2 Å². The lowest BCUT2D eigenvalue weighted by Gasteiger charge is -2.27. The molecule has 0 aliphatic heterocycles. The van der Waals surface area contributed by atoms with Crippen LogP contribution in [0.5, 0.6) is 0 Å². The number of nitrogens with one attached hydrogen (secondary N) is 1. The van der Waals surface area contributed by atoms with Gasteiger partial charge in [0.2, 0.25) is 5.91 Å². The van der Waals surface area contributed by atoms with Gasteiger partial charge >= 0.3 is 0 Å². The van der Waals surface area contributed by atoms with Crippen LogP contribution in [0.25, 0.3) is 0 Å². The van der Waals surface area contributed by atoms with Crippen LogP contribution >= 0.6 is 11.8 Å². The van der Waals surface area contributed by atoms with Crippen LogP contribution in [0.2, 0.25) is 0 Å². The van der Waals surface area contributed by atoms with E-state index in [2.05, 4.69) is 29.6 Å². The van der Waals surface area contributed by atoms with Gasteiger partial charge in [-0.1, -0.05) is 42.5 Å². The van der Waals surface area contributed by atoms with E-state index >= 15 is 0 Å². The zero-order valence-corrected chi connectivity index (χ0v) is 13.6. The highest BCUT2D eigenvalue weighted by atomic mass is 32.2. The summed E-state index contributed by atoms with van der Waals surface area (Å²) in [5.74, 6) is 0.121. The number of aryl methyl sites for hydroxylation is 1. The van der Waals surface area contributed by atoms with Crippen LogP contribution in [0.3, 0.4) is 0 Å². The van der Waals surface area contributed by atoms with Crippen molar-refractivity contribution in [2.45, 2.75) is 42.4 Å². The molecular formula is C19H21NOS. The fourth-order valence-electron chi connectivity index (χ4n) is 2.95. The van der Waals surface area contributed by atoms with E-state index in [0.29, 0.717) is 0 Å². The van der Waals surface area contributed by atoms with Crippen molar-refractivity contribution in [2.24, 2.45) is 0 Å². The molecular weight excluding hydrogens is 290 g/mol. The summed E-state index contributed by atoms with van der Waals surface area (Å²) in [6.07, 6.45) is 3.30. The minimum absolute atomic E-state index is 0.0866.